The van der Waals surface area contributed by atoms with Gasteiger partial charge in [0, 0.05) is 3.57 Å². The Morgan fingerprint density at radius 2 is 2.00 bits per heavy atom. The Hall–Kier alpha value is -1.33. The van der Waals surface area contributed by atoms with Gasteiger partial charge in [0.05, 0.1) is 27.9 Å². The minimum Gasteiger partial charge on any atom is -0.493 e. The van der Waals surface area contributed by atoms with Crippen molar-refractivity contribution in [2.75, 3.05) is 13.7 Å². The molecule has 5 nitrogen and oxygen atoms in total. The van der Waals surface area contributed by atoms with Crippen LogP contribution in [0.4, 0.5) is 0 Å². The van der Waals surface area contributed by atoms with E-state index in [4.69, 9.17) is 25.8 Å². The van der Waals surface area contributed by atoms with Crippen LogP contribution in [0.15, 0.2) is 41.0 Å². The fourth-order valence-corrected chi connectivity index (χ4v) is 4.03. The molecule has 0 fully saturated rings. The van der Waals surface area contributed by atoms with Crippen LogP contribution in [-0.2, 0) is 9.53 Å². The van der Waals surface area contributed by atoms with E-state index in [9.17, 15) is 4.79 Å². The first-order valence-corrected chi connectivity index (χ1v) is 11.3. The molecule has 152 valence electrons. The molecule has 0 bridgehead atoms. The SMILES string of the molecule is COc1cc(/C=C2\N=C(c3cc(I)ccc3Cl)OC2=O)cc(I)c1OCC(C)C. The summed E-state index contributed by atoms with van der Waals surface area (Å²) in [7, 11) is 1.59. The van der Waals surface area contributed by atoms with E-state index in [1.165, 1.54) is 0 Å². The van der Waals surface area contributed by atoms with Crippen LogP contribution >= 0.6 is 56.8 Å². The van der Waals surface area contributed by atoms with Crippen molar-refractivity contribution < 1.29 is 19.0 Å². The quantitative estimate of drug-likeness (QED) is 0.224. The second-order valence-corrected chi connectivity index (χ2v) is 9.51. The molecule has 0 atom stereocenters. The van der Waals surface area contributed by atoms with Gasteiger partial charge in [-0.05, 0) is 93.1 Å². The number of hydrogen-bond donors (Lipinski definition) is 0. The molecule has 1 aliphatic heterocycles. The van der Waals surface area contributed by atoms with Crippen LogP contribution in [0.25, 0.3) is 6.08 Å². The number of carbonyl (C=O) groups is 1. The van der Waals surface area contributed by atoms with E-state index < -0.39 is 5.97 Å². The van der Waals surface area contributed by atoms with Gasteiger partial charge in [-0.1, -0.05) is 25.4 Å². The summed E-state index contributed by atoms with van der Waals surface area (Å²) in [5.74, 6) is 1.35. The van der Waals surface area contributed by atoms with Gasteiger partial charge in [0.15, 0.2) is 17.2 Å². The van der Waals surface area contributed by atoms with Crippen molar-refractivity contribution in [2.45, 2.75) is 13.8 Å². The molecule has 0 spiro atoms. The van der Waals surface area contributed by atoms with Gasteiger partial charge in [-0.15, -0.1) is 0 Å². The molecule has 2 aromatic carbocycles. The Balaban J connectivity index is 1.95. The van der Waals surface area contributed by atoms with Crippen LogP contribution in [0.3, 0.4) is 0 Å². The average molecular weight is 638 g/mol. The molecule has 3 rings (SSSR count). The fourth-order valence-electron chi connectivity index (χ4n) is 2.56. The van der Waals surface area contributed by atoms with Gasteiger partial charge < -0.3 is 14.2 Å². The first kappa shape index (κ1) is 22.4. The van der Waals surface area contributed by atoms with Crippen LogP contribution in [0.2, 0.25) is 5.02 Å². The summed E-state index contributed by atoms with van der Waals surface area (Å²) in [6, 6.07) is 9.16. The Morgan fingerprint density at radius 1 is 1.24 bits per heavy atom. The highest BCUT2D eigenvalue weighted by Crippen LogP contribution is 2.35. The summed E-state index contributed by atoms with van der Waals surface area (Å²) in [6.07, 6.45) is 1.66. The maximum atomic E-state index is 12.3. The first-order chi connectivity index (χ1) is 13.8. The van der Waals surface area contributed by atoms with Crippen molar-refractivity contribution in [3.05, 3.63) is 59.3 Å². The van der Waals surface area contributed by atoms with E-state index in [1.807, 2.05) is 24.3 Å². The lowest BCUT2D eigenvalue weighted by Crippen LogP contribution is -2.07. The Kier molecular flexibility index (Phi) is 7.44. The van der Waals surface area contributed by atoms with Crippen LogP contribution in [0.1, 0.15) is 25.0 Å². The van der Waals surface area contributed by atoms with Gasteiger partial charge in [-0.2, -0.15) is 0 Å². The second-order valence-electron chi connectivity index (χ2n) is 6.70. The highest BCUT2D eigenvalue weighted by atomic mass is 127. The molecule has 0 amide bonds. The maximum Gasteiger partial charge on any atom is 0.363 e. The molecule has 1 aliphatic rings. The maximum absolute atomic E-state index is 12.3. The zero-order valence-electron chi connectivity index (χ0n) is 16.0. The summed E-state index contributed by atoms with van der Waals surface area (Å²) in [5, 5.41) is 0.473. The lowest BCUT2D eigenvalue weighted by Gasteiger charge is -2.15. The molecule has 29 heavy (non-hydrogen) atoms. The number of benzene rings is 2. The lowest BCUT2D eigenvalue weighted by molar-refractivity contribution is -0.129. The third-order valence-corrected chi connectivity index (χ3v) is 5.70. The van der Waals surface area contributed by atoms with Crippen molar-refractivity contribution in [3.63, 3.8) is 0 Å². The number of methoxy groups -OCH3 is 1. The predicted molar refractivity (Wildman–Crippen MR) is 131 cm³/mol. The van der Waals surface area contributed by atoms with Crippen LogP contribution < -0.4 is 9.47 Å². The van der Waals surface area contributed by atoms with Gasteiger partial charge in [-0.25, -0.2) is 9.79 Å². The molecule has 0 saturated carbocycles. The second kappa shape index (κ2) is 9.65. The summed E-state index contributed by atoms with van der Waals surface area (Å²) < 4.78 is 18.5. The van der Waals surface area contributed by atoms with Crippen molar-refractivity contribution in [3.8, 4) is 11.5 Å². The Morgan fingerprint density at radius 3 is 2.69 bits per heavy atom. The number of carbonyl (C=O) groups excluding carboxylic acids is 1. The number of rotatable bonds is 6. The lowest BCUT2D eigenvalue weighted by atomic mass is 10.1. The minimum atomic E-state index is -0.524. The van der Waals surface area contributed by atoms with Gasteiger partial charge >= 0.3 is 5.97 Å². The topological polar surface area (TPSA) is 57.1 Å². The minimum absolute atomic E-state index is 0.198. The van der Waals surface area contributed by atoms with Gasteiger partial charge in [0.25, 0.3) is 0 Å². The van der Waals surface area contributed by atoms with Crippen LogP contribution in [0, 0.1) is 13.1 Å². The zero-order chi connectivity index (χ0) is 21.1. The van der Waals surface area contributed by atoms with Crippen molar-refractivity contribution in [2.24, 2.45) is 10.9 Å². The largest absolute Gasteiger partial charge is 0.493 e. The number of esters is 1. The monoisotopic (exact) mass is 637 g/mol. The number of cyclic esters (lactones) is 1. The molecular weight excluding hydrogens is 619 g/mol. The molecule has 2 aromatic rings. The first-order valence-electron chi connectivity index (χ1n) is 8.76. The summed E-state index contributed by atoms with van der Waals surface area (Å²) in [5.41, 5.74) is 1.54. The highest BCUT2D eigenvalue weighted by Gasteiger charge is 2.26. The Bertz CT molecular complexity index is 1020. The van der Waals surface area contributed by atoms with Gasteiger partial charge in [0.1, 0.15) is 0 Å². The Labute approximate surface area is 201 Å². The molecule has 1 heterocycles. The molecule has 0 aliphatic carbocycles. The number of halogens is 3. The normalized spacial score (nSPS) is 14.9. The van der Waals surface area contributed by atoms with Crippen LogP contribution in [-0.4, -0.2) is 25.6 Å². The summed E-state index contributed by atoms with van der Waals surface area (Å²) >= 11 is 10.6. The van der Waals surface area contributed by atoms with E-state index in [0.29, 0.717) is 34.6 Å². The molecule has 0 radical (unpaired) electrons. The summed E-state index contributed by atoms with van der Waals surface area (Å²) in [4.78, 5) is 16.7. The average Bonchev–Trinajstić information content (AvgIpc) is 3.02. The highest BCUT2D eigenvalue weighted by molar-refractivity contribution is 14.1. The van der Waals surface area contributed by atoms with E-state index >= 15 is 0 Å². The number of nitrogens with zero attached hydrogens (tertiary/aromatic N) is 1. The van der Waals surface area contributed by atoms with Crippen molar-refractivity contribution in [1.29, 1.82) is 0 Å². The van der Waals surface area contributed by atoms with Crippen molar-refractivity contribution >= 4 is 74.7 Å². The molecule has 0 unspecified atom stereocenters. The van der Waals surface area contributed by atoms with Gasteiger partial charge in [-0.3, -0.25) is 0 Å². The zero-order valence-corrected chi connectivity index (χ0v) is 21.0. The van der Waals surface area contributed by atoms with Crippen LogP contribution in [0.5, 0.6) is 11.5 Å². The molecule has 0 N–H and O–H groups in total. The molecular formula is C21H18ClI2NO4. The number of aliphatic imine (C=N–C) groups is 1. The van der Waals surface area contributed by atoms with E-state index in [0.717, 1.165) is 12.7 Å². The molecule has 0 saturated heterocycles. The third-order valence-electron chi connectivity index (χ3n) is 3.90. The number of hydrogen-bond acceptors (Lipinski definition) is 5. The number of ether oxygens (including phenoxy) is 3. The standard InChI is InChI=1S/C21H18ClI2NO4/c1-11(2)10-28-19-16(24)6-12(8-18(19)27-3)7-17-21(26)29-20(25-17)14-9-13(23)4-5-15(14)22/h4-9,11H,10H2,1-3H3/b17-7-. The molecule has 8 heteroatoms. The predicted octanol–water partition coefficient (Wildman–Crippen LogP) is 5.94. The summed E-state index contributed by atoms with van der Waals surface area (Å²) in [6.45, 7) is 4.75. The van der Waals surface area contributed by atoms with E-state index in [-0.39, 0.29) is 11.6 Å². The van der Waals surface area contributed by atoms with E-state index in [1.54, 1.807) is 19.3 Å². The van der Waals surface area contributed by atoms with Crippen molar-refractivity contribution in [1.82, 2.24) is 0 Å². The van der Waals surface area contributed by atoms with Gasteiger partial charge in [0.2, 0.25) is 5.90 Å². The third kappa shape index (κ3) is 5.43. The smallest absolute Gasteiger partial charge is 0.363 e. The fraction of sp³-hybridized carbons (Fsp3) is 0.238. The van der Waals surface area contributed by atoms with E-state index in [2.05, 4.69) is 64.0 Å². The molecule has 0 aromatic heterocycles.